The highest BCUT2D eigenvalue weighted by Gasteiger charge is 2.32. The molecule has 0 spiro atoms. The maximum atomic E-state index is 14.1. The van der Waals surface area contributed by atoms with Crippen molar-refractivity contribution < 1.29 is 14.0 Å². The third-order valence-corrected chi connectivity index (χ3v) is 5.10. The summed E-state index contributed by atoms with van der Waals surface area (Å²) in [6.07, 6.45) is 0.417. The van der Waals surface area contributed by atoms with E-state index in [2.05, 4.69) is 5.32 Å². The van der Waals surface area contributed by atoms with Crippen molar-refractivity contribution in [2.45, 2.75) is 12.8 Å². The Morgan fingerprint density at radius 3 is 2.29 bits per heavy atom. The van der Waals surface area contributed by atoms with Gasteiger partial charge >= 0.3 is 0 Å². The van der Waals surface area contributed by atoms with Crippen LogP contribution in [-0.4, -0.2) is 18.9 Å². The topological polar surface area (TPSA) is 72.2 Å². The van der Waals surface area contributed by atoms with Crippen molar-refractivity contribution in [2.24, 2.45) is 17.6 Å². The summed E-state index contributed by atoms with van der Waals surface area (Å²) < 4.78 is 14.1. The predicted molar refractivity (Wildman–Crippen MR) is 108 cm³/mol. The van der Waals surface area contributed by atoms with E-state index in [1.807, 2.05) is 42.5 Å². The van der Waals surface area contributed by atoms with Crippen LogP contribution < -0.4 is 11.1 Å². The average Bonchev–Trinajstić information content (AvgIpc) is 2.71. The van der Waals surface area contributed by atoms with E-state index in [4.69, 9.17) is 5.73 Å². The number of rotatable bonds is 7. The van der Waals surface area contributed by atoms with E-state index in [0.29, 0.717) is 12.0 Å². The minimum atomic E-state index is -0.758. The van der Waals surface area contributed by atoms with Gasteiger partial charge < -0.3 is 11.1 Å². The molecule has 1 unspecified atom stereocenters. The summed E-state index contributed by atoms with van der Waals surface area (Å²) in [7, 11) is 1.50. The number of carbonyl (C=O) groups excluding carboxylic acids is 2. The van der Waals surface area contributed by atoms with Crippen molar-refractivity contribution in [3.05, 3.63) is 83.7 Å². The normalized spacial score (nSPS) is 13.1. The smallest absolute Gasteiger partial charge is 0.224 e. The minimum Gasteiger partial charge on any atom is -0.369 e. The van der Waals surface area contributed by atoms with Gasteiger partial charge in [0, 0.05) is 7.05 Å². The highest BCUT2D eigenvalue weighted by molar-refractivity contribution is 5.88. The SMILES string of the molecule is CNC(=O)[C@H](Cc1ccccc1F)C(Cc1ccc2ccccc2c1)C(N)=O. The lowest BCUT2D eigenvalue weighted by molar-refractivity contribution is -0.133. The molecule has 2 amide bonds. The monoisotopic (exact) mass is 378 g/mol. The summed E-state index contributed by atoms with van der Waals surface area (Å²) in [5.74, 6) is -2.80. The van der Waals surface area contributed by atoms with Crippen LogP contribution >= 0.6 is 0 Å². The molecule has 4 nitrogen and oxygen atoms in total. The van der Waals surface area contributed by atoms with Crippen molar-refractivity contribution in [3.8, 4) is 0 Å². The van der Waals surface area contributed by atoms with Crippen LogP contribution in [0.1, 0.15) is 11.1 Å². The van der Waals surface area contributed by atoms with Crippen LogP contribution in [0.25, 0.3) is 10.8 Å². The van der Waals surface area contributed by atoms with Gasteiger partial charge in [-0.2, -0.15) is 0 Å². The molecule has 28 heavy (non-hydrogen) atoms. The molecule has 0 bridgehead atoms. The van der Waals surface area contributed by atoms with Gasteiger partial charge in [0.1, 0.15) is 5.82 Å². The highest BCUT2D eigenvalue weighted by atomic mass is 19.1. The zero-order valence-corrected chi connectivity index (χ0v) is 15.7. The van der Waals surface area contributed by atoms with Crippen LogP contribution in [0.4, 0.5) is 4.39 Å². The van der Waals surface area contributed by atoms with Crippen molar-refractivity contribution >= 4 is 22.6 Å². The summed E-state index contributed by atoms with van der Waals surface area (Å²) in [6, 6.07) is 20.1. The van der Waals surface area contributed by atoms with Gasteiger partial charge in [0.25, 0.3) is 0 Å². The van der Waals surface area contributed by atoms with Gasteiger partial charge in [-0.05, 0) is 40.8 Å². The van der Waals surface area contributed by atoms with Gasteiger partial charge in [0.05, 0.1) is 11.8 Å². The van der Waals surface area contributed by atoms with E-state index >= 15 is 0 Å². The number of primary amides is 1. The number of fused-ring (bicyclic) bond motifs is 1. The molecule has 2 atom stereocenters. The summed E-state index contributed by atoms with van der Waals surface area (Å²) >= 11 is 0. The first-order valence-electron chi connectivity index (χ1n) is 9.21. The third-order valence-electron chi connectivity index (χ3n) is 5.10. The molecule has 5 heteroatoms. The van der Waals surface area contributed by atoms with Gasteiger partial charge in [0.15, 0.2) is 0 Å². The Hall–Kier alpha value is -3.21. The van der Waals surface area contributed by atoms with Gasteiger partial charge in [-0.3, -0.25) is 9.59 Å². The lowest BCUT2D eigenvalue weighted by Crippen LogP contribution is -2.41. The van der Waals surface area contributed by atoms with Gasteiger partial charge in [-0.1, -0.05) is 60.7 Å². The van der Waals surface area contributed by atoms with Crippen molar-refractivity contribution in [2.75, 3.05) is 7.05 Å². The Kier molecular flexibility index (Phi) is 6.04. The molecule has 0 aliphatic rings. The average molecular weight is 378 g/mol. The molecule has 0 aromatic heterocycles. The molecule has 144 valence electrons. The maximum Gasteiger partial charge on any atom is 0.224 e. The van der Waals surface area contributed by atoms with Gasteiger partial charge in [-0.15, -0.1) is 0 Å². The molecule has 0 radical (unpaired) electrons. The summed E-state index contributed by atoms with van der Waals surface area (Å²) in [5.41, 5.74) is 6.97. The first-order chi connectivity index (χ1) is 13.5. The Labute approximate surface area is 163 Å². The standard InChI is InChI=1S/C23H23FN2O2/c1-26-23(28)20(14-18-8-4-5-9-21(18)24)19(22(25)27)13-15-10-11-16-6-2-3-7-17(16)12-15/h2-12,19-20H,13-14H2,1H3,(H2,25,27)(H,26,28)/t19?,20-/m1/s1. The van der Waals surface area contributed by atoms with E-state index < -0.39 is 23.6 Å². The number of benzene rings is 3. The molecular weight excluding hydrogens is 355 g/mol. The third kappa shape index (κ3) is 4.36. The lowest BCUT2D eigenvalue weighted by atomic mass is 9.81. The lowest BCUT2D eigenvalue weighted by Gasteiger charge is -2.24. The summed E-state index contributed by atoms with van der Waals surface area (Å²) in [5, 5.41) is 4.73. The number of hydrogen-bond acceptors (Lipinski definition) is 2. The molecule has 3 rings (SSSR count). The first kappa shape index (κ1) is 19.5. The number of nitrogens with two attached hydrogens (primary N) is 1. The van der Waals surface area contributed by atoms with E-state index in [1.54, 1.807) is 18.2 Å². The fourth-order valence-corrected chi connectivity index (χ4v) is 3.56. The van der Waals surface area contributed by atoms with Crippen molar-refractivity contribution in [1.82, 2.24) is 5.32 Å². The molecule has 0 saturated carbocycles. The number of halogens is 1. The van der Waals surface area contributed by atoms with Crippen LogP contribution in [0.3, 0.4) is 0 Å². The summed E-state index contributed by atoms with van der Waals surface area (Å²) in [6.45, 7) is 0. The second-order valence-corrected chi connectivity index (χ2v) is 6.91. The number of carbonyl (C=O) groups is 2. The minimum absolute atomic E-state index is 0.105. The first-order valence-corrected chi connectivity index (χ1v) is 9.21. The Bertz CT molecular complexity index is 1000. The molecule has 0 aliphatic carbocycles. The van der Waals surface area contributed by atoms with Gasteiger partial charge in [-0.25, -0.2) is 4.39 Å². The summed E-state index contributed by atoms with van der Waals surface area (Å²) in [4.78, 5) is 24.8. The van der Waals surface area contributed by atoms with E-state index in [-0.39, 0.29) is 12.3 Å². The zero-order chi connectivity index (χ0) is 20.1. The van der Waals surface area contributed by atoms with Crippen LogP contribution in [0.5, 0.6) is 0 Å². The predicted octanol–water partition coefficient (Wildman–Crippen LogP) is 3.23. The molecule has 0 fully saturated rings. The molecule has 0 aliphatic heterocycles. The van der Waals surface area contributed by atoms with E-state index in [1.165, 1.54) is 13.1 Å². The molecule has 3 aromatic carbocycles. The fourth-order valence-electron chi connectivity index (χ4n) is 3.56. The largest absolute Gasteiger partial charge is 0.369 e. The number of hydrogen-bond donors (Lipinski definition) is 2. The Balaban J connectivity index is 1.92. The van der Waals surface area contributed by atoms with Crippen LogP contribution in [0, 0.1) is 17.7 Å². The van der Waals surface area contributed by atoms with Crippen molar-refractivity contribution in [1.29, 1.82) is 0 Å². The number of nitrogens with one attached hydrogen (secondary N) is 1. The quantitative estimate of drug-likeness (QED) is 0.663. The Morgan fingerprint density at radius 1 is 0.929 bits per heavy atom. The molecule has 3 aromatic rings. The van der Waals surface area contributed by atoms with Crippen LogP contribution in [0.15, 0.2) is 66.7 Å². The molecule has 0 heterocycles. The molecule has 0 saturated heterocycles. The molecular formula is C23H23FN2O2. The van der Waals surface area contributed by atoms with Crippen LogP contribution in [0.2, 0.25) is 0 Å². The molecule has 3 N–H and O–H groups in total. The second kappa shape index (κ2) is 8.65. The number of amides is 2. The fraction of sp³-hybridized carbons (Fsp3) is 0.217. The van der Waals surface area contributed by atoms with Gasteiger partial charge in [0.2, 0.25) is 11.8 Å². The second-order valence-electron chi connectivity index (χ2n) is 6.91. The van der Waals surface area contributed by atoms with E-state index in [0.717, 1.165) is 16.3 Å². The zero-order valence-electron chi connectivity index (χ0n) is 15.7. The van der Waals surface area contributed by atoms with E-state index in [9.17, 15) is 14.0 Å². The Morgan fingerprint density at radius 2 is 1.61 bits per heavy atom. The highest BCUT2D eigenvalue weighted by Crippen LogP contribution is 2.25. The van der Waals surface area contributed by atoms with Crippen LogP contribution in [-0.2, 0) is 22.4 Å². The van der Waals surface area contributed by atoms with Crippen molar-refractivity contribution in [3.63, 3.8) is 0 Å². The maximum absolute atomic E-state index is 14.1.